The zero-order valence-electron chi connectivity index (χ0n) is 10.2. The first-order chi connectivity index (χ1) is 9.06. The molecule has 0 aromatic heterocycles. The summed E-state index contributed by atoms with van der Waals surface area (Å²) in [5, 5.41) is 11.6. The number of anilines is 1. The van der Waals surface area contributed by atoms with Crippen LogP contribution in [0.15, 0.2) is 18.2 Å². The number of carboxylic acid groups (broad SMARTS) is 1. The van der Waals surface area contributed by atoms with Gasteiger partial charge in [0.25, 0.3) is 0 Å². The van der Waals surface area contributed by atoms with E-state index in [4.69, 9.17) is 21.4 Å². The van der Waals surface area contributed by atoms with Crippen molar-refractivity contribution in [3.8, 4) is 0 Å². The lowest BCUT2D eigenvalue weighted by molar-refractivity contribution is 0.0696. The number of carboxylic acids is 1. The molecule has 1 aromatic rings. The van der Waals surface area contributed by atoms with Crippen molar-refractivity contribution in [3.05, 3.63) is 28.8 Å². The quantitative estimate of drug-likeness (QED) is 0.890. The summed E-state index contributed by atoms with van der Waals surface area (Å²) in [4.78, 5) is 22.5. The van der Waals surface area contributed by atoms with E-state index in [0.29, 0.717) is 5.69 Å². The molecular weight excluding hydrogens is 270 g/mol. The molecule has 1 amide bonds. The Morgan fingerprint density at radius 3 is 2.63 bits per heavy atom. The maximum atomic E-state index is 11.6. The largest absolute Gasteiger partial charge is 0.478 e. The van der Waals surface area contributed by atoms with Gasteiger partial charge in [0, 0.05) is 5.69 Å². The maximum absolute atomic E-state index is 11.6. The van der Waals surface area contributed by atoms with Crippen molar-refractivity contribution in [2.45, 2.75) is 31.8 Å². The van der Waals surface area contributed by atoms with E-state index in [1.807, 2.05) is 0 Å². The molecule has 2 rings (SSSR count). The van der Waals surface area contributed by atoms with E-state index in [1.165, 1.54) is 18.2 Å². The zero-order valence-corrected chi connectivity index (χ0v) is 10.9. The lowest BCUT2D eigenvalue weighted by Crippen LogP contribution is -2.20. The number of hydrogen-bond acceptors (Lipinski definition) is 3. The Labute approximate surface area is 115 Å². The number of rotatable bonds is 3. The van der Waals surface area contributed by atoms with Gasteiger partial charge in [-0.2, -0.15) is 0 Å². The highest BCUT2D eigenvalue weighted by molar-refractivity contribution is 6.33. The Balaban J connectivity index is 2.00. The van der Waals surface area contributed by atoms with Crippen LogP contribution in [0.2, 0.25) is 5.02 Å². The van der Waals surface area contributed by atoms with Gasteiger partial charge in [0.15, 0.2) is 0 Å². The van der Waals surface area contributed by atoms with Crippen molar-refractivity contribution >= 4 is 29.4 Å². The molecule has 6 heteroatoms. The molecular formula is C13H14ClNO4. The van der Waals surface area contributed by atoms with Crippen molar-refractivity contribution in [2.24, 2.45) is 0 Å². The van der Waals surface area contributed by atoms with Crippen LogP contribution in [0.4, 0.5) is 10.5 Å². The van der Waals surface area contributed by atoms with E-state index in [9.17, 15) is 9.59 Å². The van der Waals surface area contributed by atoms with Gasteiger partial charge in [0.1, 0.15) is 6.10 Å². The second-order valence-corrected chi connectivity index (χ2v) is 4.84. The normalized spacial score (nSPS) is 15.2. The molecule has 1 fully saturated rings. The lowest BCUT2D eigenvalue weighted by atomic mass is 10.2. The molecule has 0 bridgehead atoms. The Morgan fingerprint density at radius 2 is 2.00 bits per heavy atom. The maximum Gasteiger partial charge on any atom is 0.411 e. The summed E-state index contributed by atoms with van der Waals surface area (Å²) in [6.07, 6.45) is 3.31. The third-order valence-electron chi connectivity index (χ3n) is 3.02. The van der Waals surface area contributed by atoms with Crippen LogP contribution >= 0.6 is 11.6 Å². The van der Waals surface area contributed by atoms with Gasteiger partial charge < -0.3 is 9.84 Å². The SMILES string of the molecule is O=C(Nc1ccc(Cl)c(C(=O)O)c1)OC1CCCC1. The molecule has 1 aromatic carbocycles. The van der Waals surface area contributed by atoms with Gasteiger partial charge in [-0.25, -0.2) is 9.59 Å². The first-order valence-electron chi connectivity index (χ1n) is 6.07. The van der Waals surface area contributed by atoms with Gasteiger partial charge in [0.2, 0.25) is 0 Å². The average Bonchev–Trinajstić information content (AvgIpc) is 2.84. The van der Waals surface area contributed by atoms with E-state index >= 15 is 0 Å². The Kier molecular flexibility index (Phi) is 4.27. The molecule has 0 radical (unpaired) electrons. The van der Waals surface area contributed by atoms with E-state index in [2.05, 4.69) is 5.32 Å². The molecule has 19 heavy (non-hydrogen) atoms. The molecule has 1 aliphatic rings. The fraction of sp³-hybridized carbons (Fsp3) is 0.385. The van der Waals surface area contributed by atoms with Crippen LogP contribution in [0.5, 0.6) is 0 Å². The number of benzene rings is 1. The molecule has 102 valence electrons. The zero-order chi connectivity index (χ0) is 13.8. The van der Waals surface area contributed by atoms with Crippen molar-refractivity contribution in [2.75, 3.05) is 5.32 Å². The average molecular weight is 284 g/mol. The Hall–Kier alpha value is -1.75. The van der Waals surface area contributed by atoms with Crippen LogP contribution in [-0.2, 0) is 4.74 Å². The third kappa shape index (κ3) is 3.61. The van der Waals surface area contributed by atoms with Gasteiger partial charge in [-0.15, -0.1) is 0 Å². The summed E-state index contributed by atoms with van der Waals surface area (Å²) >= 11 is 5.74. The first-order valence-corrected chi connectivity index (χ1v) is 6.44. The molecule has 0 atom stereocenters. The highest BCUT2D eigenvalue weighted by Gasteiger charge is 2.19. The predicted octanol–water partition coefficient (Wildman–Crippen LogP) is 3.53. The van der Waals surface area contributed by atoms with Gasteiger partial charge >= 0.3 is 12.1 Å². The summed E-state index contributed by atoms with van der Waals surface area (Å²) < 4.78 is 5.22. The number of carbonyl (C=O) groups is 2. The number of amides is 1. The molecule has 0 saturated heterocycles. The van der Waals surface area contributed by atoms with Crippen LogP contribution < -0.4 is 5.32 Å². The highest BCUT2D eigenvalue weighted by Crippen LogP contribution is 2.23. The van der Waals surface area contributed by atoms with Crippen LogP contribution in [-0.4, -0.2) is 23.3 Å². The topological polar surface area (TPSA) is 75.6 Å². The number of halogens is 1. The summed E-state index contributed by atoms with van der Waals surface area (Å²) in [6.45, 7) is 0. The summed E-state index contributed by atoms with van der Waals surface area (Å²) in [6, 6.07) is 4.27. The minimum absolute atomic E-state index is 0.0359. The van der Waals surface area contributed by atoms with Crippen molar-refractivity contribution in [1.29, 1.82) is 0 Å². The molecule has 0 heterocycles. The van der Waals surface area contributed by atoms with E-state index in [0.717, 1.165) is 25.7 Å². The van der Waals surface area contributed by atoms with E-state index in [1.54, 1.807) is 0 Å². The van der Waals surface area contributed by atoms with Crippen LogP contribution in [0.3, 0.4) is 0 Å². The second-order valence-electron chi connectivity index (χ2n) is 4.44. The van der Waals surface area contributed by atoms with Gasteiger partial charge in [-0.05, 0) is 43.9 Å². The van der Waals surface area contributed by atoms with E-state index in [-0.39, 0.29) is 16.7 Å². The fourth-order valence-electron chi connectivity index (χ4n) is 2.07. The van der Waals surface area contributed by atoms with Crippen LogP contribution in [0.1, 0.15) is 36.0 Å². The third-order valence-corrected chi connectivity index (χ3v) is 3.35. The highest BCUT2D eigenvalue weighted by atomic mass is 35.5. The number of aromatic carboxylic acids is 1. The molecule has 0 aliphatic heterocycles. The van der Waals surface area contributed by atoms with Crippen LogP contribution in [0.25, 0.3) is 0 Å². The van der Waals surface area contributed by atoms with Crippen molar-refractivity contribution < 1.29 is 19.4 Å². The molecule has 1 aliphatic carbocycles. The molecule has 1 saturated carbocycles. The molecule has 2 N–H and O–H groups in total. The number of hydrogen-bond donors (Lipinski definition) is 2. The predicted molar refractivity (Wildman–Crippen MR) is 70.8 cm³/mol. The minimum Gasteiger partial charge on any atom is -0.478 e. The van der Waals surface area contributed by atoms with Gasteiger partial charge in [-0.1, -0.05) is 11.6 Å². The number of ether oxygens (including phenoxy) is 1. The fourth-order valence-corrected chi connectivity index (χ4v) is 2.27. The standard InChI is InChI=1S/C13H14ClNO4/c14-11-6-5-8(7-10(11)12(16)17)15-13(18)19-9-3-1-2-4-9/h5-7,9H,1-4H2,(H,15,18)(H,16,17). The molecule has 5 nitrogen and oxygen atoms in total. The Bertz CT molecular complexity index is 497. The summed E-state index contributed by atoms with van der Waals surface area (Å²) in [5.41, 5.74) is 0.296. The Morgan fingerprint density at radius 1 is 1.32 bits per heavy atom. The summed E-state index contributed by atoms with van der Waals surface area (Å²) in [5.74, 6) is -1.14. The number of carbonyl (C=O) groups excluding carboxylic acids is 1. The minimum atomic E-state index is -1.14. The van der Waals surface area contributed by atoms with Crippen LogP contribution in [0, 0.1) is 0 Å². The van der Waals surface area contributed by atoms with Gasteiger partial charge in [-0.3, -0.25) is 5.32 Å². The second kappa shape index (κ2) is 5.93. The van der Waals surface area contributed by atoms with Gasteiger partial charge in [0.05, 0.1) is 10.6 Å². The smallest absolute Gasteiger partial charge is 0.411 e. The van der Waals surface area contributed by atoms with E-state index < -0.39 is 12.1 Å². The number of nitrogens with one attached hydrogen (secondary N) is 1. The molecule has 0 spiro atoms. The summed E-state index contributed by atoms with van der Waals surface area (Å²) in [7, 11) is 0. The molecule has 0 unspecified atom stereocenters. The lowest BCUT2D eigenvalue weighted by Gasteiger charge is -2.12. The monoisotopic (exact) mass is 283 g/mol. The first kappa shape index (κ1) is 13.7. The van der Waals surface area contributed by atoms with Crippen molar-refractivity contribution in [3.63, 3.8) is 0 Å². The van der Waals surface area contributed by atoms with Crippen molar-refractivity contribution in [1.82, 2.24) is 0 Å².